The van der Waals surface area contributed by atoms with E-state index in [9.17, 15) is 19.5 Å². The van der Waals surface area contributed by atoms with Crippen LogP contribution in [0.15, 0.2) is 12.2 Å². The average Bonchev–Trinajstić information content (AvgIpc) is 3.17. The zero-order valence-electron chi connectivity index (χ0n) is 36.5. The zero-order chi connectivity index (χ0) is 40.3. The first-order chi connectivity index (χ1) is 26.9. The number of carboxylic acid groups (broad SMARTS) is 1. The summed E-state index contributed by atoms with van der Waals surface area (Å²) in [7, 11) is 0. The van der Waals surface area contributed by atoms with Crippen LogP contribution in [0.3, 0.4) is 0 Å². The maximum absolute atomic E-state index is 12.8. The molecule has 0 saturated heterocycles. The predicted octanol–water partition coefficient (Wildman–Crippen LogP) is 13.8. The summed E-state index contributed by atoms with van der Waals surface area (Å²) < 4.78 is 6.06. The van der Waals surface area contributed by atoms with Crippen LogP contribution in [-0.4, -0.2) is 41.6 Å². The van der Waals surface area contributed by atoms with E-state index in [1.54, 1.807) is 0 Å². The smallest absolute Gasteiger partial charge is 0.326 e. The van der Waals surface area contributed by atoms with Crippen molar-refractivity contribution in [1.82, 2.24) is 5.32 Å². The van der Waals surface area contributed by atoms with E-state index in [2.05, 4.69) is 31.3 Å². The first kappa shape index (κ1) is 53.1. The van der Waals surface area contributed by atoms with Gasteiger partial charge in [-0.3, -0.25) is 9.59 Å². The molecule has 0 aromatic carbocycles. The van der Waals surface area contributed by atoms with Gasteiger partial charge in [0, 0.05) is 12.8 Å². The summed E-state index contributed by atoms with van der Waals surface area (Å²) in [5, 5.41) is 12.0. The van der Waals surface area contributed by atoms with Gasteiger partial charge in [-0.1, -0.05) is 180 Å². The summed E-state index contributed by atoms with van der Waals surface area (Å²) in [6.45, 7) is 4.97. The van der Waals surface area contributed by atoms with E-state index < -0.39 is 12.0 Å². The second kappa shape index (κ2) is 43.2. The van der Waals surface area contributed by atoms with Gasteiger partial charge >= 0.3 is 11.9 Å². The van der Waals surface area contributed by atoms with E-state index in [-0.39, 0.29) is 18.0 Å². The van der Waals surface area contributed by atoms with Gasteiger partial charge in [0.25, 0.3) is 0 Å². The van der Waals surface area contributed by atoms with Gasteiger partial charge in [-0.05, 0) is 83.6 Å². The molecule has 0 aromatic rings. The Bertz CT molecular complexity index is 878. The van der Waals surface area contributed by atoms with Crippen molar-refractivity contribution < 1.29 is 24.2 Å². The fourth-order valence-electron chi connectivity index (χ4n) is 7.45. The van der Waals surface area contributed by atoms with Gasteiger partial charge in [-0.2, -0.15) is 0 Å². The monoisotopic (exact) mass is 777 g/mol. The molecular weight excluding hydrogens is 685 g/mol. The molecule has 0 aromatic heterocycles. The van der Waals surface area contributed by atoms with Gasteiger partial charge < -0.3 is 20.9 Å². The normalized spacial score (nSPS) is 12.6. The Hall–Kier alpha value is -1.89. The predicted molar refractivity (Wildman–Crippen MR) is 234 cm³/mol. The molecular formula is C48H92N2O5. The molecule has 7 heteroatoms. The number of allylic oxidation sites excluding steroid dienone is 2. The standard InChI is InChI=1S/C48H92N2O5/c1-3-5-7-9-11-13-15-17-19-20-22-24-26-29-33-38-44(39-34-30-28-31-35-41-46(51)50-45(48(53)54)40-37-43-49)55-47(52)42-36-32-27-25-23-21-18-16-14-12-10-8-6-4-2/h20,22,44-45H,3-19,21,23-43,49H2,1-2H3,(H,50,51)(H,53,54)/b22-20-. The second-order valence-electron chi connectivity index (χ2n) is 16.5. The number of carbonyl (C=O) groups excluding carboxylic acids is 2. The maximum atomic E-state index is 12.8. The summed E-state index contributed by atoms with van der Waals surface area (Å²) in [6.07, 6.45) is 48.3. The molecule has 0 rings (SSSR count). The Morgan fingerprint density at radius 3 is 1.33 bits per heavy atom. The van der Waals surface area contributed by atoms with Gasteiger partial charge in [0.2, 0.25) is 5.91 Å². The molecule has 0 spiro atoms. The summed E-state index contributed by atoms with van der Waals surface area (Å²) in [4.78, 5) is 36.5. The van der Waals surface area contributed by atoms with E-state index in [1.807, 2.05) is 0 Å². The molecule has 0 aliphatic heterocycles. The third-order valence-electron chi connectivity index (χ3n) is 11.1. The highest BCUT2D eigenvalue weighted by Gasteiger charge is 2.19. The molecule has 0 bridgehead atoms. The lowest BCUT2D eigenvalue weighted by Gasteiger charge is -2.18. The summed E-state index contributed by atoms with van der Waals surface area (Å²) >= 11 is 0. The highest BCUT2D eigenvalue weighted by atomic mass is 16.5. The molecule has 4 N–H and O–H groups in total. The number of ether oxygens (including phenoxy) is 1. The van der Waals surface area contributed by atoms with Gasteiger partial charge in [-0.25, -0.2) is 4.79 Å². The minimum absolute atomic E-state index is 0.00362. The lowest BCUT2D eigenvalue weighted by atomic mass is 10.0. The van der Waals surface area contributed by atoms with Crippen LogP contribution in [0.2, 0.25) is 0 Å². The average molecular weight is 777 g/mol. The van der Waals surface area contributed by atoms with Crippen LogP contribution in [0, 0.1) is 0 Å². The number of hydrogen-bond acceptors (Lipinski definition) is 5. The minimum Gasteiger partial charge on any atom is -0.480 e. The first-order valence-corrected chi connectivity index (χ1v) is 24.0. The highest BCUT2D eigenvalue weighted by molar-refractivity contribution is 5.83. The first-order valence-electron chi connectivity index (χ1n) is 24.0. The summed E-state index contributed by atoms with van der Waals surface area (Å²) in [6, 6.07) is -0.855. The van der Waals surface area contributed by atoms with Crippen LogP contribution in [0.4, 0.5) is 0 Å². The molecule has 55 heavy (non-hydrogen) atoms. The molecule has 0 aliphatic rings. The molecule has 0 saturated carbocycles. The van der Waals surface area contributed by atoms with E-state index in [0.717, 1.165) is 70.6 Å². The van der Waals surface area contributed by atoms with E-state index in [1.165, 1.54) is 148 Å². The Morgan fingerprint density at radius 2 is 0.891 bits per heavy atom. The van der Waals surface area contributed by atoms with Crippen LogP contribution in [0.25, 0.3) is 0 Å². The highest BCUT2D eigenvalue weighted by Crippen LogP contribution is 2.19. The van der Waals surface area contributed by atoms with Crippen LogP contribution in [0.1, 0.15) is 258 Å². The zero-order valence-corrected chi connectivity index (χ0v) is 36.5. The Kier molecular flexibility index (Phi) is 41.8. The number of aliphatic carboxylic acids is 1. The quantitative estimate of drug-likeness (QED) is 0.0322. The van der Waals surface area contributed by atoms with Crippen molar-refractivity contribution in [3.63, 3.8) is 0 Å². The second-order valence-corrected chi connectivity index (χ2v) is 16.5. The topological polar surface area (TPSA) is 119 Å². The Labute approximate surface area is 340 Å². The van der Waals surface area contributed by atoms with Gasteiger partial charge in [0.05, 0.1) is 0 Å². The fraction of sp³-hybridized carbons (Fsp3) is 0.896. The Morgan fingerprint density at radius 1 is 0.509 bits per heavy atom. The summed E-state index contributed by atoms with van der Waals surface area (Å²) in [5.41, 5.74) is 5.49. The lowest BCUT2D eigenvalue weighted by molar-refractivity contribution is -0.150. The molecule has 7 nitrogen and oxygen atoms in total. The third kappa shape index (κ3) is 40.1. The van der Waals surface area contributed by atoms with Crippen molar-refractivity contribution in [2.45, 2.75) is 270 Å². The number of carboxylic acids is 1. The maximum Gasteiger partial charge on any atom is 0.326 e. The molecule has 1 amide bonds. The van der Waals surface area contributed by atoms with E-state index in [4.69, 9.17) is 10.5 Å². The summed E-state index contributed by atoms with van der Waals surface area (Å²) in [5.74, 6) is -1.23. The van der Waals surface area contributed by atoms with E-state index in [0.29, 0.717) is 32.2 Å². The number of carbonyl (C=O) groups is 3. The molecule has 0 heterocycles. The van der Waals surface area contributed by atoms with Crippen molar-refractivity contribution in [2.24, 2.45) is 5.73 Å². The molecule has 324 valence electrons. The van der Waals surface area contributed by atoms with Crippen LogP contribution < -0.4 is 11.1 Å². The van der Waals surface area contributed by atoms with E-state index >= 15 is 0 Å². The SMILES string of the molecule is CCCCCCCCCC/C=C\CCCCCC(CCCCCCCC(=O)NC(CCCN)C(=O)O)OC(=O)CCCCCCCCCCCCCCCC. The minimum atomic E-state index is -1.00. The number of hydrogen-bond donors (Lipinski definition) is 3. The van der Waals surface area contributed by atoms with Crippen molar-refractivity contribution >= 4 is 17.8 Å². The van der Waals surface area contributed by atoms with Crippen LogP contribution in [-0.2, 0) is 19.1 Å². The Balaban J connectivity index is 4.32. The van der Waals surface area contributed by atoms with Crippen molar-refractivity contribution in [3.05, 3.63) is 12.2 Å². The number of nitrogens with two attached hydrogens (primary N) is 1. The molecule has 0 fully saturated rings. The third-order valence-corrected chi connectivity index (χ3v) is 11.1. The largest absolute Gasteiger partial charge is 0.480 e. The number of unbranched alkanes of at least 4 members (excludes halogenated alkanes) is 28. The van der Waals surface area contributed by atoms with Gasteiger partial charge in [0.15, 0.2) is 0 Å². The van der Waals surface area contributed by atoms with Crippen molar-refractivity contribution in [3.8, 4) is 0 Å². The number of nitrogens with one attached hydrogen (secondary N) is 1. The molecule has 2 unspecified atom stereocenters. The lowest BCUT2D eigenvalue weighted by Crippen LogP contribution is -2.40. The van der Waals surface area contributed by atoms with Gasteiger partial charge in [-0.15, -0.1) is 0 Å². The van der Waals surface area contributed by atoms with Crippen molar-refractivity contribution in [2.75, 3.05) is 6.54 Å². The molecule has 2 atom stereocenters. The molecule has 0 radical (unpaired) electrons. The van der Waals surface area contributed by atoms with Crippen LogP contribution in [0.5, 0.6) is 0 Å². The van der Waals surface area contributed by atoms with Crippen LogP contribution >= 0.6 is 0 Å². The number of amides is 1. The number of esters is 1. The fourth-order valence-corrected chi connectivity index (χ4v) is 7.45. The van der Waals surface area contributed by atoms with Gasteiger partial charge in [0.1, 0.15) is 12.1 Å². The molecule has 0 aliphatic carbocycles. The van der Waals surface area contributed by atoms with Crippen molar-refractivity contribution in [1.29, 1.82) is 0 Å². The number of rotatable bonds is 44.